The third-order valence-corrected chi connectivity index (χ3v) is 5.09. The molecule has 0 spiro atoms. The van der Waals surface area contributed by atoms with Gasteiger partial charge in [-0.25, -0.2) is 4.68 Å². The Morgan fingerprint density at radius 2 is 1.50 bits per heavy atom. The molecule has 0 aliphatic rings. The highest BCUT2D eigenvalue weighted by Crippen LogP contribution is 2.32. The van der Waals surface area contributed by atoms with E-state index in [2.05, 4.69) is 10.4 Å². The molecule has 1 aromatic heterocycles. The quantitative estimate of drug-likeness (QED) is 0.425. The Morgan fingerprint density at radius 1 is 0.853 bits per heavy atom. The number of carbonyl (C=O) groups is 1. The number of aromatic nitrogens is 2. The van der Waals surface area contributed by atoms with Crippen molar-refractivity contribution < 1.29 is 23.7 Å². The molecule has 0 fully saturated rings. The molecule has 4 rings (SSSR count). The lowest BCUT2D eigenvalue weighted by atomic mass is 10.1. The second kappa shape index (κ2) is 9.95. The van der Waals surface area contributed by atoms with E-state index in [1.165, 1.54) is 20.4 Å². The van der Waals surface area contributed by atoms with E-state index in [1.807, 2.05) is 0 Å². The maximum Gasteiger partial charge on any atom is 0.279 e. The standard InChI is InChI=1S/C25H23N3O6/c1-31-18-9-11-20(12-10-18)34-19-7-5-17(6-8-19)27-22(29)15-28-25(30)23-16(14-26-28)4-13-21(32-2)24(23)33-3/h4-14H,15H2,1-3H3,(H,27,29). The van der Waals surface area contributed by atoms with Crippen LogP contribution in [0.1, 0.15) is 0 Å². The zero-order chi connectivity index (χ0) is 24.1. The molecule has 1 N–H and O–H groups in total. The zero-order valence-corrected chi connectivity index (χ0v) is 18.9. The number of anilines is 1. The van der Waals surface area contributed by atoms with Gasteiger partial charge in [-0.15, -0.1) is 0 Å². The van der Waals surface area contributed by atoms with Gasteiger partial charge in [0.15, 0.2) is 11.5 Å². The number of benzene rings is 3. The predicted molar refractivity (Wildman–Crippen MR) is 127 cm³/mol. The topological polar surface area (TPSA) is 101 Å². The molecule has 0 radical (unpaired) electrons. The Balaban J connectivity index is 1.46. The van der Waals surface area contributed by atoms with Crippen LogP contribution < -0.4 is 29.8 Å². The summed E-state index contributed by atoms with van der Waals surface area (Å²) in [6.45, 7) is -0.265. The van der Waals surface area contributed by atoms with Crippen molar-refractivity contribution in [1.82, 2.24) is 9.78 Å². The van der Waals surface area contributed by atoms with Gasteiger partial charge in [-0.1, -0.05) is 0 Å². The van der Waals surface area contributed by atoms with Crippen LogP contribution in [0.2, 0.25) is 0 Å². The molecule has 0 bridgehead atoms. The van der Waals surface area contributed by atoms with Crippen LogP contribution in [-0.4, -0.2) is 37.0 Å². The maximum atomic E-state index is 13.0. The Morgan fingerprint density at radius 3 is 2.12 bits per heavy atom. The highest BCUT2D eigenvalue weighted by Gasteiger charge is 2.16. The number of nitrogens with zero attached hydrogens (tertiary/aromatic N) is 2. The molecule has 1 amide bonds. The minimum Gasteiger partial charge on any atom is -0.497 e. The number of methoxy groups -OCH3 is 3. The molecule has 0 aliphatic heterocycles. The van der Waals surface area contributed by atoms with Crippen LogP contribution in [0, 0.1) is 0 Å². The summed E-state index contributed by atoms with van der Waals surface area (Å²) in [5.41, 5.74) is 0.104. The molecule has 0 saturated heterocycles. The third kappa shape index (κ3) is 4.78. The van der Waals surface area contributed by atoms with Crippen LogP contribution in [0.3, 0.4) is 0 Å². The van der Waals surface area contributed by atoms with Crippen molar-refractivity contribution in [1.29, 1.82) is 0 Å². The molecule has 9 heteroatoms. The Hall–Kier alpha value is -4.53. The van der Waals surface area contributed by atoms with Crippen LogP contribution in [0.25, 0.3) is 10.8 Å². The molecular weight excluding hydrogens is 438 g/mol. The SMILES string of the molecule is COc1ccc(Oc2ccc(NC(=O)Cn3ncc4ccc(OC)c(OC)c4c3=O)cc2)cc1. The summed E-state index contributed by atoms with van der Waals surface area (Å²) in [6, 6.07) is 17.5. The minimum absolute atomic E-state index is 0.265. The van der Waals surface area contributed by atoms with E-state index in [4.69, 9.17) is 18.9 Å². The number of nitrogens with one attached hydrogen (secondary N) is 1. The van der Waals surface area contributed by atoms with E-state index in [0.29, 0.717) is 39.5 Å². The van der Waals surface area contributed by atoms with Crippen molar-refractivity contribution in [3.05, 3.63) is 77.2 Å². The number of fused-ring (bicyclic) bond motifs is 1. The first-order valence-electron chi connectivity index (χ1n) is 10.3. The summed E-state index contributed by atoms with van der Waals surface area (Å²) >= 11 is 0. The number of carbonyl (C=O) groups excluding carboxylic acids is 1. The fourth-order valence-corrected chi connectivity index (χ4v) is 3.42. The summed E-state index contributed by atoms with van der Waals surface area (Å²) < 4.78 is 22.6. The maximum absolute atomic E-state index is 13.0. The number of hydrogen-bond donors (Lipinski definition) is 1. The second-order valence-corrected chi connectivity index (χ2v) is 7.22. The Bertz CT molecular complexity index is 1360. The number of rotatable bonds is 8. The van der Waals surface area contributed by atoms with Gasteiger partial charge in [0.1, 0.15) is 23.8 Å². The van der Waals surface area contributed by atoms with Crippen molar-refractivity contribution >= 4 is 22.4 Å². The average molecular weight is 461 g/mol. The van der Waals surface area contributed by atoms with E-state index in [-0.39, 0.29) is 6.54 Å². The summed E-state index contributed by atoms with van der Waals surface area (Å²) in [6.07, 6.45) is 1.51. The number of amides is 1. The van der Waals surface area contributed by atoms with Crippen LogP contribution in [0.4, 0.5) is 5.69 Å². The highest BCUT2D eigenvalue weighted by molar-refractivity contribution is 5.92. The summed E-state index contributed by atoms with van der Waals surface area (Å²) in [5.74, 6) is 2.32. The molecule has 174 valence electrons. The first-order valence-corrected chi connectivity index (χ1v) is 10.3. The van der Waals surface area contributed by atoms with E-state index in [1.54, 1.807) is 67.8 Å². The van der Waals surface area contributed by atoms with Gasteiger partial charge in [0, 0.05) is 11.1 Å². The molecule has 0 unspecified atom stereocenters. The largest absolute Gasteiger partial charge is 0.497 e. The fraction of sp³-hybridized carbons (Fsp3) is 0.160. The Labute approximate surface area is 195 Å². The Kier molecular flexibility index (Phi) is 6.63. The van der Waals surface area contributed by atoms with Crippen molar-refractivity contribution in [2.75, 3.05) is 26.6 Å². The molecular formula is C25H23N3O6. The van der Waals surface area contributed by atoms with Crippen LogP contribution in [0.15, 0.2) is 71.7 Å². The van der Waals surface area contributed by atoms with Crippen LogP contribution in [0.5, 0.6) is 28.7 Å². The van der Waals surface area contributed by atoms with Gasteiger partial charge in [0.05, 0.1) is 32.9 Å². The van der Waals surface area contributed by atoms with Gasteiger partial charge in [-0.3, -0.25) is 9.59 Å². The molecule has 0 saturated carbocycles. The molecule has 34 heavy (non-hydrogen) atoms. The normalized spacial score (nSPS) is 10.6. The number of ether oxygens (including phenoxy) is 4. The van der Waals surface area contributed by atoms with E-state index < -0.39 is 11.5 Å². The van der Waals surface area contributed by atoms with Crippen molar-refractivity contribution in [2.24, 2.45) is 0 Å². The van der Waals surface area contributed by atoms with E-state index >= 15 is 0 Å². The lowest BCUT2D eigenvalue weighted by molar-refractivity contribution is -0.117. The molecule has 0 atom stereocenters. The first-order chi connectivity index (χ1) is 16.5. The van der Waals surface area contributed by atoms with Gasteiger partial charge >= 0.3 is 0 Å². The molecule has 0 aliphatic carbocycles. The summed E-state index contributed by atoms with van der Waals surface area (Å²) in [4.78, 5) is 25.6. The monoisotopic (exact) mass is 461 g/mol. The average Bonchev–Trinajstić information content (AvgIpc) is 2.86. The zero-order valence-electron chi connectivity index (χ0n) is 18.9. The number of hydrogen-bond acceptors (Lipinski definition) is 7. The third-order valence-electron chi connectivity index (χ3n) is 5.09. The van der Waals surface area contributed by atoms with Crippen LogP contribution >= 0.6 is 0 Å². The minimum atomic E-state index is -0.452. The molecule has 3 aromatic carbocycles. The smallest absolute Gasteiger partial charge is 0.279 e. The van der Waals surface area contributed by atoms with Crippen molar-refractivity contribution in [3.8, 4) is 28.7 Å². The molecule has 1 heterocycles. The van der Waals surface area contributed by atoms with E-state index in [0.717, 1.165) is 10.4 Å². The van der Waals surface area contributed by atoms with Crippen LogP contribution in [-0.2, 0) is 11.3 Å². The predicted octanol–water partition coefficient (Wildman–Crippen LogP) is 3.85. The van der Waals surface area contributed by atoms with Gasteiger partial charge in [0.25, 0.3) is 5.56 Å². The summed E-state index contributed by atoms with van der Waals surface area (Å²) in [5, 5.41) is 7.75. The van der Waals surface area contributed by atoms with Gasteiger partial charge in [-0.2, -0.15) is 5.10 Å². The first kappa shape index (κ1) is 22.7. The van der Waals surface area contributed by atoms with Gasteiger partial charge in [0.2, 0.25) is 5.91 Å². The summed E-state index contributed by atoms with van der Waals surface area (Å²) in [7, 11) is 4.55. The second-order valence-electron chi connectivity index (χ2n) is 7.22. The molecule has 4 aromatic rings. The van der Waals surface area contributed by atoms with Crippen molar-refractivity contribution in [2.45, 2.75) is 6.54 Å². The molecule has 9 nitrogen and oxygen atoms in total. The van der Waals surface area contributed by atoms with Crippen molar-refractivity contribution in [3.63, 3.8) is 0 Å². The highest BCUT2D eigenvalue weighted by atomic mass is 16.5. The van der Waals surface area contributed by atoms with Gasteiger partial charge in [-0.05, 0) is 60.7 Å². The van der Waals surface area contributed by atoms with E-state index in [9.17, 15) is 9.59 Å². The lowest BCUT2D eigenvalue weighted by Gasteiger charge is -2.12. The fourth-order valence-electron chi connectivity index (χ4n) is 3.42. The van der Waals surface area contributed by atoms with Gasteiger partial charge < -0.3 is 24.3 Å². The lowest BCUT2D eigenvalue weighted by Crippen LogP contribution is -2.29.